The molecule has 3 N–H and O–H groups in total. The van der Waals surface area contributed by atoms with E-state index in [4.69, 9.17) is 0 Å². The number of carbonyl (C=O) groups excluding carboxylic acids is 1. The Morgan fingerprint density at radius 3 is 2.38 bits per heavy atom. The van der Waals surface area contributed by atoms with Gasteiger partial charge < -0.3 is 25.5 Å². The zero-order valence-corrected chi connectivity index (χ0v) is 23.2. The summed E-state index contributed by atoms with van der Waals surface area (Å²) >= 11 is 0. The van der Waals surface area contributed by atoms with Gasteiger partial charge in [-0.05, 0) is 74.7 Å². The van der Waals surface area contributed by atoms with E-state index in [1.165, 1.54) is 0 Å². The zero-order chi connectivity index (χ0) is 27.8. The molecule has 0 unspecified atom stereocenters. The Morgan fingerprint density at radius 2 is 1.72 bits per heavy atom. The molecule has 1 spiro atoms. The van der Waals surface area contributed by atoms with Crippen molar-refractivity contribution in [2.24, 2.45) is 5.41 Å². The standard InChI is InChI=1S/C32H37N5O2/c1-22-9-12-24(13-10-22)34-30(39)35-25-7-5-6-8-26(25)37-21-32(15-17-36(18-16-32)20-31(2,3)4)28-23(19-33)11-14-27(38)29(28)37/h5-14,38H,15-18,20-21H2,1-4H3,(H2,34,35,39). The van der Waals surface area contributed by atoms with Crippen LogP contribution in [0.4, 0.5) is 27.5 Å². The van der Waals surface area contributed by atoms with Gasteiger partial charge in [-0.1, -0.05) is 50.6 Å². The highest BCUT2D eigenvalue weighted by molar-refractivity contribution is 6.02. The molecule has 7 nitrogen and oxygen atoms in total. The maximum Gasteiger partial charge on any atom is 0.323 e. The van der Waals surface area contributed by atoms with Crippen LogP contribution in [0.25, 0.3) is 0 Å². The zero-order valence-electron chi connectivity index (χ0n) is 23.2. The fourth-order valence-electron chi connectivity index (χ4n) is 6.10. The molecule has 2 amide bonds. The molecule has 1 fully saturated rings. The monoisotopic (exact) mass is 523 g/mol. The summed E-state index contributed by atoms with van der Waals surface area (Å²) in [4.78, 5) is 17.6. The topological polar surface area (TPSA) is 91.6 Å². The van der Waals surface area contributed by atoms with Crippen LogP contribution in [0.3, 0.4) is 0 Å². The van der Waals surface area contributed by atoms with Gasteiger partial charge in [-0.15, -0.1) is 0 Å². The molecule has 0 aromatic heterocycles. The fraction of sp³-hybridized carbons (Fsp3) is 0.375. The molecule has 5 rings (SSSR count). The maximum absolute atomic E-state index is 13.0. The van der Waals surface area contributed by atoms with Gasteiger partial charge in [-0.3, -0.25) is 0 Å². The number of carbonyl (C=O) groups is 1. The van der Waals surface area contributed by atoms with Crippen molar-refractivity contribution in [3.8, 4) is 11.8 Å². The third-order valence-corrected chi connectivity index (χ3v) is 7.80. The van der Waals surface area contributed by atoms with Crippen LogP contribution in [0.5, 0.6) is 5.75 Å². The first-order valence-electron chi connectivity index (χ1n) is 13.6. The van der Waals surface area contributed by atoms with Crippen LogP contribution in [0, 0.1) is 23.7 Å². The number of phenols is 1. The van der Waals surface area contributed by atoms with Crippen molar-refractivity contribution in [2.45, 2.75) is 46.0 Å². The number of aryl methyl sites for hydroxylation is 1. The lowest BCUT2D eigenvalue weighted by Crippen LogP contribution is -2.47. The van der Waals surface area contributed by atoms with E-state index in [-0.39, 0.29) is 22.6 Å². The first kappa shape index (κ1) is 26.6. The second-order valence-corrected chi connectivity index (χ2v) is 12.1. The third-order valence-electron chi connectivity index (χ3n) is 7.80. The Kier molecular flexibility index (Phi) is 7.00. The predicted molar refractivity (Wildman–Crippen MR) is 157 cm³/mol. The van der Waals surface area contributed by atoms with Crippen molar-refractivity contribution in [1.82, 2.24) is 4.90 Å². The molecule has 2 aliphatic heterocycles. The number of piperidine rings is 1. The van der Waals surface area contributed by atoms with Crippen LogP contribution in [-0.4, -0.2) is 42.2 Å². The lowest BCUT2D eigenvalue weighted by atomic mass is 9.72. The number of phenolic OH excluding ortho intramolecular Hbond substituents is 1. The average molecular weight is 524 g/mol. The molecule has 39 heavy (non-hydrogen) atoms. The van der Waals surface area contributed by atoms with Gasteiger partial charge in [0.15, 0.2) is 0 Å². The van der Waals surface area contributed by atoms with E-state index in [0.29, 0.717) is 29.2 Å². The Morgan fingerprint density at radius 1 is 1.03 bits per heavy atom. The van der Waals surface area contributed by atoms with Gasteiger partial charge in [-0.2, -0.15) is 5.26 Å². The van der Waals surface area contributed by atoms with E-state index in [1.54, 1.807) is 12.1 Å². The van der Waals surface area contributed by atoms with E-state index in [2.05, 4.69) is 47.3 Å². The van der Waals surface area contributed by atoms with E-state index in [1.807, 2.05) is 55.5 Å². The number of nitrogens with one attached hydrogen (secondary N) is 2. The summed E-state index contributed by atoms with van der Waals surface area (Å²) in [5.74, 6) is 0.150. The minimum atomic E-state index is -0.342. The summed E-state index contributed by atoms with van der Waals surface area (Å²) in [6.07, 6.45) is 1.79. The van der Waals surface area contributed by atoms with Crippen molar-refractivity contribution in [2.75, 3.05) is 41.7 Å². The molecule has 3 aromatic rings. The number of para-hydroxylation sites is 2. The van der Waals surface area contributed by atoms with E-state index >= 15 is 0 Å². The second kappa shape index (κ2) is 10.3. The summed E-state index contributed by atoms with van der Waals surface area (Å²) in [6.45, 7) is 12.3. The van der Waals surface area contributed by atoms with E-state index in [9.17, 15) is 15.2 Å². The first-order chi connectivity index (χ1) is 18.6. The van der Waals surface area contributed by atoms with Crippen LogP contribution in [0.1, 0.15) is 50.3 Å². The fourth-order valence-corrected chi connectivity index (χ4v) is 6.10. The number of nitriles is 1. The molecule has 0 saturated carbocycles. The Balaban J connectivity index is 1.47. The number of aromatic hydroxyl groups is 1. The minimum Gasteiger partial charge on any atom is -0.506 e. The Bertz CT molecular complexity index is 1410. The molecular formula is C32H37N5O2. The number of benzene rings is 3. The highest BCUT2D eigenvalue weighted by Crippen LogP contribution is 2.55. The predicted octanol–water partition coefficient (Wildman–Crippen LogP) is 6.75. The largest absolute Gasteiger partial charge is 0.506 e. The molecule has 202 valence electrons. The molecule has 0 radical (unpaired) electrons. The summed E-state index contributed by atoms with van der Waals surface area (Å²) in [6, 6.07) is 20.7. The normalized spacial score (nSPS) is 16.5. The van der Waals surface area contributed by atoms with Crippen molar-refractivity contribution in [3.05, 3.63) is 77.4 Å². The Labute approximate surface area is 231 Å². The summed E-state index contributed by atoms with van der Waals surface area (Å²) < 4.78 is 0. The van der Waals surface area contributed by atoms with Crippen LogP contribution in [-0.2, 0) is 5.41 Å². The number of hydrogen-bond donors (Lipinski definition) is 3. The van der Waals surface area contributed by atoms with Gasteiger partial charge in [0.05, 0.1) is 28.7 Å². The third kappa shape index (κ3) is 5.43. The van der Waals surface area contributed by atoms with Gasteiger partial charge in [0.25, 0.3) is 0 Å². The lowest BCUT2D eigenvalue weighted by molar-refractivity contribution is 0.125. The molecule has 0 aliphatic carbocycles. The number of urea groups is 1. The molecule has 1 saturated heterocycles. The van der Waals surface area contributed by atoms with Crippen molar-refractivity contribution < 1.29 is 9.90 Å². The van der Waals surface area contributed by atoms with E-state index < -0.39 is 0 Å². The maximum atomic E-state index is 13.0. The number of likely N-dealkylation sites (tertiary alicyclic amines) is 1. The number of anilines is 4. The van der Waals surface area contributed by atoms with Gasteiger partial charge in [0.1, 0.15) is 5.75 Å². The number of rotatable bonds is 4. The minimum absolute atomic E-state index is 0.150. The number of hydrogen-bond acceptors (Lipinski definition) is 5. The average Bonchev–Trinajstić information content (AvgIpc) is 3.22. The molecule has 2 heterocycles. The van der Waals surface area contributed by atoms with Crippen LogP contribution in [0.2, 0.25) is 0 Å². The highest BCUT2D eigenvalue weighted by Gasteiger charge is 2.48. The van der Waals surface area contributed by atoms with Gasteiger partial charge in [0, 0.05) is 29.8 Å². The molecule has 3 aromatic carbocycles. The quantitative estimate of drug-likeness (QED) is 0.352. The van der Waals surface area contributed by atoms with Gasteiger partial charge in [0.2, 0.25) is 0 Å². The van der Waals surface area contributed by atoms with Crippen LogP contribution in [0.15, 0.2) is 60.7 Å². The number of nitrogens with zero attached hydrogens (tertiary/aromatic N) is 3. The number of fused-ring (bicyclic) bond motifs is 2. The summed E-state index contributed by atoms with van der Waals surface area (Å²) in [7, 11) is 0. The van der Waals surface area contributed by atoms with Crippen molar-refractivity contribution >= 4 is 28.8 Å². The van der Waals surface area contributed by atoms with Crippen LogP contribution < -0.4 is 15.5 Å². The molecule has 7 heteroatoms. The number of amides is 2. The second-order valence-electron chi connectivity index (χ2n) is 12.1. The molecule has 2 aliphatic rings. The smallest absolute Gasteiger partial charge is 0.323 e. The molecular weight excluding hydrogens is 486 g/mol. The van der Waals surface area contributed by atoms with Crippen molar-refractivity contribution in [1.29, 1.82) is 5.26 Å². The molecule has 0 atom stereocenters. The molecule has 0 bridgehead atoms. The van der Waals surface area contributed by atoms with Crippen molar-refractivity contribution in [3.63, 3.8) is 0 Å². The lowest BCUT2D eigenvalue weighted by Gasteiger charge is -2.42. The van der Waals surface area contributed by atoms with Crippen LogP contribution >= 0.6 is 0 Å². The highest BCUT2D eigenvalue weighted by atomic mass is 16.3. The Hall–Kier alpha value is -4.02. The summed E-state index contributed by atoms with van der Waals surface area (Å²) in [5.41, 5.74) is 5.42. The first-order valence-corrected chi connectivity index (χ1v) is 13.6. The summed E-state index contributed by atoms with van der Waals surface area (Å²) in [5, 5.41) is 27.1. The van der Waals surface area contributed by atoms with Gasteiger partial charge >= 0.3 is 6.03 Å². The SMILES string of the molecule is Cc1ccc(NC(=O)Nc2ccccc2N2CC3(CCN(CC(C)(C)C)CC3)c3c(C#N)ccc(O)c32)cc1. The van der Waals surface area contributed by atoms with E-state index in [0.717, 1.165) is 49.3 Å². The van der Waals surface area contributed by atoms with Gasteiger partial charge in [-0.25, -0.2) is 4.79 Å².